The molecule has 1 aliphatic carbocycles. The highest BCUT2D eigenvalue weighted by Gasteiger charge is 2.30. The summed E-state index contributed by atoms with van der Waals surface area (Å²) in [5, 5.41) is 15.1. The van der Waals surface area contributed by atoms with Crippen molar-refractivity contribution < 1.29 is 19.5 Å². The number of nitrogens with one attached hydrogen (secondary N) is 2. The third kappa shape index (κ3) is 4.97. The first-order valence-electron chi connectivity index (χ1n) is 9.55. The number of carbonyl (C=O) groups is 3. The molecule has 0 saturated heterocycles. The molecule has 0 unspecified atom stereocenters. The van der Waals surface area contributed by atoms with Crippen LogP contribution in [0.5, 0.6) is 0 Å². The van der Waals surface area contributed by atoms with E-state index in [9.17, 15) is 19.5 Å². The van der Waals surface area contributed by atoms with E-state index in [1.165, 1.54) is 0 Å². The van der Waals surface area contributed by atoms with Crippen LogP contribution in [-0.2, 0) is 4.79 Å². The molecule has 0 spiro atoms. The Labute approximate surface area is 164 Å². The maximum absolute atomic E-state index is 12.6. The number of para-hydroxylation sites is 1. The van der Waals surface area contributed by atoms with Gasteiger partial charge in [0.2, 0.25) is 0 Å². The van der Waals surface area contributed by atoms with Crippen LogP contribution in [0.4, 0.5) is 5.69 Å². The zero-order valence-electron chi connectivity index (χ0n) is 15.6. The van der Waals surface area contributed by atoms with Crippen molar-refractivity contribution in [1.82, 2.24) is 5.32 Å². The summed E-state index contributed by atoms with van der Waals surface area (Å²) in [5.41, 5.74) is 1.55. The lowest BCUT2D eigenvalue weighted by molar-refractivity contribution is -0.142. The number of carbonyl (C=O) groups excluding carboxylic acids is 2. The van der Waals surface area contributed by atoms with Gasteiger partial charge in [-0.1, -0.05) is 37.5 Å². The number of carboxylic acids is 1. The minimum absolute atomic E-state index is 0.257. The fourth-order valence-corrected chi connectivity index (χ4v) is 3.53. The molecule has 2 amide bonds. The highest BCUT2D eigenvalue weighted by molar-refractivity contribution is 6.05. The SMILES string of the molecule is O=C(Nc1ccccc1)c1ccc(C(=O)N[C@H]2CCCCC[C@H]2C(=O)O)cc1. The largest absolute Gasteiger partial charge is 0.481 e. The lowest BCUT2D eigenvalue weighted by Crippen LogP contribution is -2.42. The van der Waals surface area contributed by atoms with Crippen LogP contribution >= 0.6 is 0 Å². The number of aliphatic carboxylic acids is 1. The van der Waals surface area contributed by atoms with E-state index in [1.807, 2.05) is 18.2 Å². The van der Waals surface area contributed by atoms with E-state index in [1.54, 1.807) is 36.4 Å². The average Bonchev–Trinajstić information content (AvgIpc) is 2.94. The molecule has 3 rings (SSSR count). The minimum Gasteiger partial charge on any atom is -0.481 e. The van der Waals surface area contributed by atoms with Crippen LogP contribution in [0.1, 0.15) is 52.8 Å². The van der Waals surface area contributed by atoms with Crippen molar-refractivity contribution >= 4 is 23.5 Å². The normalized spacial score (nSPS) is 19.3. The Balaban J connectivity index is 1.64. The van der Waals surface area contributed by atoms with Gasteiger partial charge in [0.15, 0.2) is 0 Å². The van der Waals surface area contributed by atoms with Crippen molar-refractivity contribution in [3.05, 3.63) is 65.7 Å². The van der Waals surface area contributed by atoms with Gasteiger partial charge in [0.1, 0.15) is 0 Å². The molecule has 1 fully saturated rings. The molecule has 3 N–H and O–H groups in total. The van der Waals surface area contributed by atoms with Gasteiger partial charge in [0.05, 0.1) is 5.92 Å². The molecule has 1 aliphatic rings. The Hall–Kier alpha value is -3.15. The summed E-state index contributed by atoms with van der Waals surface area (Å²) in [7, 11) is 0. The zero-order valence-corrected chi connectivity index (χ0v) is 15.6. The van der Waals surface area contributed by atoms with E-state index in [4.69, 9.17) is 0 Å². The molecule has 0 radical (unpaired) electrons. The molecular weight excluding hydrogens is 356 g/mol. The van der Waals surface area contributed by atoms with E-state index in [2.05, 4.69) is 10.6 Å². The minimum atomic E-state index is -0.861. The summed E-state index contributed by atoms with van der Waals surface area (Å²) < 4.78 is 0. The Morgan fingerprint density at radius 2 is 1.39 bits per heavy atom. The molecule has 2 atom stereocenters. The molecule has 0 aromatic heterocycles. The van der Waals surface area contributed by atoms with Crippen LogP contribution < -0.4 is 10.6 Å². The van der Waals surface area contributed by atoms with Crippen LogP contribution in [0.25, 0.3) is 0 Å². The smallest absolute Gasteiger partial charge is 0.308 e. The summed E-state index contributed by atoms with van der Waals surface area (Å²) in [6.45, 7) is 0. The van der Waals surface area contributed by atoms with Crippen molar-refractivity contribution in [3.63, 3.8) is 0 Å². The first kappa shape index (κ1) is 19.6. The second-order valence-electron chi connectivity index (χ2n) is 7.06. The van der Waals surface area contributed by atoms with Gasteiger partial charge < -0.3 is 15.7 Å². The predicted octanol–water partition coefficient (Wildman–Crippen LogP) is 3.70. The van der Waals surface area contributed by atoms with Gasteiger partial charge in [-0.05, 0) is 49.2 Å². The van der Waals surface area contributed by atoms with E-state index >= 15 is 0 Å². The maximum Gasteiger partial charge on any atom is 0.308 e. The lowest BCUT2D eigenvalue weighted by atomic mass is 9.94. The highest BCUT2D eigenvalue weighted by atomic mass is 16.4. The van der Waals surface area contributed by atoms with E-state index in [-0.39, 0.29) is 17.9 Å². The fraction of sp³-hybridized carbons (Fsp3) is 0.318. The van der Waals surface area contributed by atoms with Gasteiger partial charge in [-0.2, -0.15) is 0 Å². The van der Waals surface area contributed by atoms with Crippen molar-refractivity contribution in [3.8, 4) is 0 Å². The number of benzene rings is 2. The average molecular weight is 380 g/mol. The van der Waals surface area contributed by atoms with Gasteiger partial charge in [-0.15, -0.1) is 0 Å². The van der Waals surface area contributed by atoms with Crippen LogP contribution in [0.2, 0.25) is 0 Å². The van der Waals surface area contributed by atoms with Gasteiger partial charge in [-0.3, -0.25) is 14.4 Å². The maximum atomic E-state index is 12.6. The second kappa shape index (κ2) is 9.17. The predicted molar refractivity (Wildman–Crippen MR) is 106 cm³/mol. The topological polar surface area (TPSA) is 95.5 Å². The monoisotopic (exact) mass is 380 g/mol. The van der Waals surface area contributed by atoms with Crippen molar-refractivity contribution in [1.29, 1.82) is 0 Å². The Morgan fingerprint density at radius 1 is 0.786 bits per heavy atom. The summed E-state index contributed by atoms with van der Waals surface area (Å²) in [4.78, 5) is 36.4. The second-order valence-corrected chi connectivity index (χ2v) is 7.06. The number of anilines is 1. The van der Waals surface area contributed by atoms with Crippen molar-refractivity contribution in [2.45, 2.75) is 38.1 Å². The molecule has 6 heteroatoms. The molecule has 1 saturated carbocycles. The van der Waals surface area contributed by atoms with Crippen molar-refractivity contribution in [2.24, 2.45) is 5.92 Å². The molecule has 2 aromatic carbocycles. The van der Waals surface area contributed by atoms with Crippen LogP contribution in [0.15, 0.2) is 54.6 Å². The lowest BCUT2D eigenvalue weighted by Gasteiger charge is -2.23. The third-order valence-electron chi connectivity index (χ3n) is 5.09. The van der Waals surface area contributed by atoms with E-state index in [0.29, 0.717) is 29.7 Å². The number of amides is 2. The molecular formula is C22H24N2O4. The molecule has 28 heavy (non-hydrogen) atoms. The molecule has 2 aromatic rings. The Morgan fingerprint density at radius 3 is 2.04 bits per heavy atom. The summed E-state index contributed by atoms with van der Waals surface area (Å²) in [6, 6.07) is 15.1. The summed E-state index contributed by atoms with van der Waals surface area (Å²) >= 11 is 0. The van der Waals surface area contributed by atoms with Crippen LogP contribution in [0, 0.1) is 5.92 Å². The fourth-order valence-electron chi connectivity index (χ4n) is 3.53. The van der Waals surface area contributed by atoms with Gasteiger partial charge in [0, 0.05) is 22.9 Å². The third-order valence-corrected chi connectivity index (χ3v) is 5.09. The molecule has 0 bridgehead atoms. The molecule has 0 aliphatic heterocycles. The van der Waals surface area contributed by atoms with E-state index in [0.717, 1.165) is 19.3 Å². The standard InChI is InChI=1S/C22H24N2O4/c25-20(23-17-7-3-1-4-8-17)15-11-13-16(14-12-15)21(26)24-19-10-6-2-5-9-18(19)22(27)28/h1,3-4,7-8,11-14,18-19H,2,5-6,9-10H2,(H,23,25)(H,24,26)(H,27,28)/t18-,19+/m1/s1. The number of hydrogen-bond acceptors (Lipinski definition) is 3. The molecule has 6 nitrogen and oxygen atoms in total. The highest BCUT2D eigenvalue weighted by Crippen LogP contribution is 2.24. The summed E-state index contributed by atoms with van der Waals surface area (Å²) in [5.74, 6) is -1.98. The van der Waals surface area contributed by atoms with E-state index < -0.39 is 11.9 Å². The number of carboxylic acid groups (broad SMARTS) is 1. The van der Waals surface area contributed by atoms with Gasteiger partial charge in [0.25, 0.3) is 11.8 Å². The van der Waals surface area contributed by atoms with Gasteiger partial charge >= 0.3 is 5.97 Å². The van der Waals surface area contributed by atoms with Crippen LogP contribution in [-0.4, -0.2) is 28.9 Å². The Bertz CT molecular complexity index is 833. The van der Waals surface area contributed by atoms with Crippen LogP contribution in [0.3, 0.4) is 0 Å². The van der Waals surface area contributed by atoms with Gasteiger partial charge in [-0.25, -0.2) is 0 Å². The first-order chi connectivity index (χ1) is 13.5. The molecule has 146 valence electrons. The van der Waals surface area contributed by atoms with Crippen molar-refractivity contribution in [2.75, 3.05) is 5.32 Å². The quantitative estimate of drug-likeness (QED) is 0.689. The number of rotatable bonds is 5. The Kier molecular flexibility index (Phi) is 6.42. The number of hydrogen-bond donors (Lipinski definition) is 3. The zero-order chi connectivity index (χ0) is 19.9. The first-order valence-corrected chi connectivity index (χ1v) is 9.55. The molecule has 0 heterocycles. The summed E-state index contributed by atoms with van der Waals surface area (Å²) in [6.07, 6.45) is 4.02.